The van der Waals surface area contributed by atoms with Gasteiger partial charge in [-0.05, 0) is 18.8 Å². The molecule has 0 spiro atoms. The normalized spacial score (nSPS) is 19.9. The van der Waals surface area contributed by atoms with Gasteiger partial charge >= 0.3 is 12.3 Å². The van der Waals surface area contributed by atoms with Gasteiger partial charge in [-0.2, -0.15) is 8.78 Å². The molecule has 0 radical (unpaired) electrons. The summed E-state index contributed by atoms with van der Waals surface area (Å²) in [6.45, 7) is -0.0181. The summed E-state index contributed by atoms with van der Waals surface area (Å²) >= 11 is 0. The van der Waals surface area contributed by atoms with E-state index in [0.29, 0.717) is 0 Å². The number of nitrogens with two attached hydrogens (primary N) is 1. The van der Waals surface area contributed by atoms with Gasteiger partial charge in [0, 0.05) is 12.6 Å². The number of amides is 1. The maximum atomic E-state index is 12.8. The van der Waals surface area contributed by atoms with Crippen LogP contribution in [0.15, 0.2) is 0 Å². The van der Waals surface area contributed by atoms with Crippen molar-refractivity contribution in [2.24, 2.45) is 11.7 Å². The first-order valence-electron chi connectivity index (χ1n) is 6.06. The van der Waals surface area contributed by atoms with E-state index in [1.165, 1.54) is 0 Å². The first-order valence-corrected chi connectivity index (χ1v) is 6.06. The van der Waals surface area contributed by atoms with Crippen LogP contribution in [-0.4, -0.2) is 30.8 Å². The van der Waals surface area contributed by atoms with E-state index < -0.39 is 24.3 Å². The lowest BCUT2D eigenvalue weighted by Crippen LogP contribution is -2.53. The predicted molar refractivity (Wildman–Crippen MR) is 58.5 cm³/mol. The molecule has 0 aromatic heterocycles. The van der Waals surface area contributed by atoms with Crippen molar-refractivity contribution in [2.75, 3.05) is 6.54 Å². The Morgan fingerprint density at radius 3 is 2.28 bits per heavy atom. The molecule has 1 rings (SSSR count). The molecule has 1 fully saturated rings. The van der Waals surface area contributed by atoms with Crippen molar-refractivity contribution in [3.63, 3.8) is 0 Å². The number of nitrogens with one attached hydrogen (secondary N) is 1. The van der Waals surface area contributed by atoms with Crippen LogP contribution in [0.3, 0.4) is 0 Å². The summed E-state index contributed by atoms with van der Waals surface area (Å²) in [6, 6.07) is -0.651. The van der Waals surface area contributed by atoms with E-state index in [0.717, 1.165) is 32.1 Å². The van der Waals surface area contributed by atoms with Crippen molar-refractivity contribution < 1.29 is 22.4 Å². The Morgan fingerprint density at radius 1 is 1.28 bits per heavy atom. The molecule has 106 valence electrons. The Labute approximate surface area is 103 Å². The molecule has 0 bridgehead atoms. The highest BCUT2D eigenvalue weighted by Crippen LogP contribution is 2.28. The molecule has 0 saturated heterocycles. The lowest BCUT2D eigenvalue weighted by atomic mass is 9.84. The van der Waals surface area contributed by atoms with Crippen LogP contribution in [0.1, 0.15) is 32.1 Å². The average molecular weight is 270 g/mol. The molecule has 1 unspecified atom stereocenters. The third kappa shape index (κ3) is 3.57. The maximum Gasteiger partial charge on any atom is 0.383 e. The van der Waals surface area contributed by atoms with Gasteiger partial charge in [0.1, 0.15) is 0 Å². The lowest BCUT2D eigenvalue weighted by molar-refractivity contribution is -0.170. The summed E-state index contributed by atoms with van der Waals surface area (Å²) < 4.78 is 49.6. The second-order valence-electron chi connectivity index (χ2n) is 4.64. The zero-order valence-corrected chi connectivity index (χ0v) is 9.97. The molecule has 3 N–H and O–H groups in total. The van der Waals surface area contributed by atoms with Gasteiger partial charge in [-0.3, -0.25) is 4.79 Å². The fraction of sp³-hybridized carbons (Fsp3) is 0.909. The molecule has 3 nitrogen and oxygen atoms in total. The number of alkyl halides is 4. The van der Waals surface area contributed by atoms with Gasteiger partial charge in [0.25, 0.3) is 5.91 Å². The van der Waals surface area contributed by atoms with E-state index in [1.807, 2.05) is 5.32 Å². The van der Waals surface area contributed by atoms with Crippen LogP contribution in [0.5, 0.6) is 0 Å². The van der Waals surface area contributed by atoms with Crippen molar-refractivity contribution in [1.29, 1.82) is 0 Å². The van der Waals surface area contributed by atoms with Crippen molar-refractivity contribution in [1.82, 2.24) is 5.32 Å². The van der Waals surface area contributed by atoms with Crippen molar-refractivity contribution in [3.05, 3.63) is 0 Å². The van der Waals surface area contributed by atoms with E-state index in [-0.39, 0.29) is 12.5 Å². The summed E-state index contributed by atoms with van der Waals surface area (Å²) in [6.07, 6.45) is 0.520. The number of carbonyl (C=O) groups is 1. The van der Waals surface area contributed by atoms with Gasteiger partial charge in [0.05, 0.1) is 0 Å². The minimum absolute atomic E-state index is 0.00109. The Bertz CT molecular complexity index is 280. The highest BCUT2D eigenvalue weighted by molar-refractivity contribution is 5.84. The molecule has 1 aliphatic rings. The van der Waals surface area contributed by atoms with Crippen molar-refractivity contribution in [2.45, 2.75) is 50.5 Å². The predicted octanol–water partition coefficient (Wildman–Crippen LogP) is 1.91. The van der Waals surface area contributed by atoms with Gasteiger partial charge < -0.3 is 11.1 Å². The standard InChI is InChI=1S/C11H18F4N2O/c12-9(13)11(14,15)10(18)17-8(6-16)7-4-2-1-3-5-7/h7-9H,1-6,16H2,(H,17,18). The Morgan fingerprint density at radius 2 is 1.83 bits per heavy atom. The summed E-state index contributed by atoms with van der Waals surface area (Å²) in [5, 5.41) is 1.96. The van der Waals surface area contributed by atoms with Gasteiger partial charge in [-0.1, -0.05) is 19.3 Å². The monoisotopic (exact) mass is 270 g/mol. The largest absolute Gasteiger partial charge is 0.383 e. The molecule has 18 heavy (non-hydrogen) atoms. The lowest BCUT2D eigenvalue weighted by Gasteiger charge is -2.31. The Balaban J connectivity index is 2.59. The minimum atomic E-state index is -4.65. The van der Waals surface area contributed by atoms with Gasteiger partial charge in [0.15, 0.2) is 0 Å². The summed E-state index contributed by atoms with van der Waals surface area (Å²) in [5.41, 5.74) is 5.42. The average Bonchev–Trinajstić information content (AvgIpc) is 2.36. The summed E-state index contributed by atoms with van der Waals surface area (Å²) in [7, 11) is 0. The van der Waals surface area contributed by atoms with E-state index >= 15 is 0 Å². The van der Waals surface area contributed by atoms with Crippen LogP contribution >= 0.6 is 0 Å². The summed E-state index contributed by atoms with van der Waals surface area (Å²) in [5.74, 6) is -6.58. The molecular weight excluding hydrogens is 252 g/mol. The number of carbonyl (C=O) groups excluding carboxylic acids is 1. The molecule has 1 amide bonds. The quantitative estimate of drug-likeness (QED) is 0.750. The molecular formula is C11H18F4N2O. The number of halogens is 4. The summed E-state index contributed by atoms with van der Waals surface area (Å²) in [4.78, 5) is 11.1. The topological polar surface area (TPSA) is 55.1 Å². The number of rotatable bonds is 5. The fourth-order valence-corrected chi connectivity index (χ4v) is 2.27. The molecule has 1 aliphatic carbocycles. The molecule has 0 heterocycles. The zero-order valence-electron chi connectivity index (χ0n) is 9.97. The number of hydrogen-bond donors (Lipinski definition) is 2. The van der Waals surface area contributed by atoms with Crippen molar-refractivity contribution in [3.8, 4) is 0 Å². The smallest absolute Gasteiger partial charge is 0.346 e. The SMILES string of the molecule is NCC(NC(=O)C(F)(F)C(F)F)C1CCCCC1. The highest BCUT2D eigenvalue weighted by Gasteiger charge is 2.49. The second-order valence-corrected chi connectivity index (χ2v) is 4.64. The van der Waals surface area contributed by atoms with E-state index in [2.05, 4.69) is 0 Å². The van der Waals surface area contributed by atoms with Crippen LogP contribution < -0.4 is 11.1 Å². The highest BCUT2D eigenvalue weighted by atomic mass is 19.3. The van der Waals surface area contributed by atoms with Gasteiger partial charge in [-0.25, -0.2) is 8.78 Å². The first kappa shape index (κ1) is 15.2. The zero-order chi connectivity index (χ0) is 13.8. The molecule has 7 heteroatoms. The third-order valence-electron chi connectivity index (χ3n) is 3.37. The second kappa shape index (κ2) is 6.36. The molecule has 0 aromatic rings. The van der Waals surface area contributed by atoms with E-state index in [9.17, 15) is 22.4 Å². The maximum absolute atomic E-state index is 12.8. The molecule has 1 atom stereocenters. The van der Waals surface area contributed by atoms with Crippen LogP contribution in [0.4, 0.5) is 17.6 Å². The number of hydrogen-bond acceptors (Lipinski definition) is 2. The van der Waals surface area contributed by atoms with Crippen LogP contribution in [0.2, 0.25) is 0 Å². The van der Waals surface area contributed by atoms with E-state index in [4.69, 9.17) is 5.73 Å². The fourth-order valence-electron chi connectivity index (χ4n) is 2.27. The molecule has 0 aliphatic heterocycles. The Hall–Kier alpha value is -0.850. The van der Waals surface area contributed by atoms with Crippen LogP contribution in [0, 0.1) is 5.92 Å². The van der Waals surface area contributed by atoms with Gasteiger partial charge in [0.2, 0.25) is 0 Å². The van der Waals surface area contributed by atoms with Crippen molar-refractivity contribution >= 4 is 5.91 Å². The molecule has 1 saturated carbocycles. The van der Waals surface area contributed by atoms with Gasteiger partial charge in [-0.15, -0.1) is 0 Å². The van der Waals surface area contributed by atoms with E-state index in [1.54, 1.807) is 0 Å². The third-order valence-corrected chi connectivity index (χ3v) is 3.37. The Kier molecular flexibility index (Phi) is 5.37. The van der Waals surface area contributed by atoms with Crippen LogP contribution in [-0.2, 0) is 4.79 Å². The molecule has 0 aromatic carbocycles. The minimum Gasteiger partial charge on any atom is -0.346 e. The van der Waals surface area contributed by atoms with Crippen LogP contribution in [0.25, 0.3) is 0 Å². The first-order chi connectivity index (χ1) is 8.39.